The van der Waals surface area contributed by atoms with Gasteiger partial charge in [0.2, 0.25) is 0 Å². The van der Waals surface area contributed by atoms with E-state index in [1.165, 1.54) is 0 Å². The molecular formula is C21H17Cl2N3O3. The molecule has 4 unspecified atom stereocenters. The summed E-state index contributed by atoms with van der Waals surface area (Å²) in [5.41, 5.74) is 0.503. The van der Waals surface area contributed by atoms with Crippen LogP contribution in [0.1, 0.15) is 30.1 Å². The van der Waals surface area contributed by atoms with Crippen LogP contribution < -0.4 is 4.90 Å². The van der Waals surface area contributed by atoms with E-state index in [4.69, 9.17) is 33.2 Å². The number of fused-ring (bicyclic) bond motifs is 3. The standard InChI is InChI=1S/C21H17Cl2N3O3/c22-14-8-15(23)10-16(9-14)26-19-18(29-19)25-7-1-6-21(25,20(26)28)17(27)13-4-2-12(11-24)3-5-13/h2-5,8-10,17-19,27H,1,6-7H2. The number of benzene rings is 2. The van der Waals surface area contributed by atoms with Gasteiger partial charge in [-0.3, -0.25) is 14.6 Å². The number of amides is 1. The quantitative estimate of drug-likeness (QED) is 0.755. The van der Waals surface area contributed by atoms with Crippen LogP contribution in [0.2, 0.25) is 10.0 Å². The molecule has 148 valence electrons. The Labute approximate surface area is 177 Å². The molecule has 0 aromatic heterocycles. The van der Waals surface area contributed by atoms with Crippen molar-refractivity contribution in [1.29, 1.82) is 5.26 Å². The van der Waals surface area contributed by atoms with Crippen molar-refractivity contribution in [2.45, 2.75) is 36.9 Å². The van der Waals surface area contributed by atoms with E-state index in [2.05, 4.69) is 6.07 Å². The van der Waals surface area contributed by atoms with Crippen LogP contribution in [0.3, 0.4) is 0 Å². The number of hydrogen-bond donors (Lipinski definition) is 1. The Kier molecular flexibility index (Phi) is 4.35. The lowest BCUT2D eigenvalue weighted by Gasteiger charge is -2.45. The van der Waals surface area contributed by atoms with Crippen molar-refractivity contribution < 1.29 is 14.6 Å². The van der Waals surface area contributed by atoms with Gasteiger partial charge in [0, 0.05) is 22.3 Å². The zero-order chi connectivity index (χ0) is 20.3. The van der Waals surface area contributed by atoms with Crippen LogP contribution in [-0.2, 0) is 9.53 Å². The van der Waals surface area contributed by atoms with Gasteiger partial charge in [0.1, 0.15) is 11.6 Å². The third-order valence-corrected chi connectivity index (χ3v) is 6.44. The van der Waals surface area contributed by atoms with E-state index < -0.39 is 17.9 Å². The third-order valence-electron chi connectivity index (χ3n) is 6.00. The second kappa shape index (κ2) is 6.69. The molecule has 1 amide bonds. The van der Waals surface area contributed by atoms with Crippen molar-refractivity contribution >= 4 is 34.8 Å². The normalized spacial score (nSPS) is 29.2. The number of nitriles is 1. The predicted octanol–water partition coefficient (Wildman–Crippen LogP) is 3.46. The SMILES string of the molecule is N#Cc1ccc(C(O)C23CCCN2C2OC2N(c2cc(Cl)cc(Cl)c2)C3=O)cc1. The average Bonchev–Trinajstić information content (AvgIpc) is 3.35. The number of halogens is 2. The first-order valence-electron chi connectivity index (χ1n) is 9.36. The fourth-order valence-corrected chi connectivity index (χ4v) is 5.17. The molecule has 0 bridgehead atoms. The summed E-state index contributed by atoms with van der Waals surface area (Å²) in [4.78, 5) is 17.4. The molecule has 2 aromatic carbocycles. The van der Waals surface area contributed by atoms with E-state index in [1.54, 1.807) is 47.4 Å². The Morgan fingerprint density at radius 3 is 2.52 bits per heavy atom. The summed E-state index contributed by atoms with van der Waals surface area (Å²) in [7, 11) is 0. The number of anilines is 1. The first kappa shape index (κ1) is 18.9. The van der Waals surface area contributed by atoms with Crippen LogP contribution in [-0.4, -0.2) is 40.5 Å². The van der Waals surface area contributed by atoms with Crippen LogP contribution in [0.5, 0.6) is 0 Å². The molecule has 5 rings (SSSR count). The van der Waals surface area contributed by atoms with Crippen molar-refractivity contribution in [3.63, 3.8) is 0 Å². The van der Waals surface area contributed by atoms with E-state index in [0.29, 0.717) is 39.8 Å². The minimum atomic E-state index is -1.14. The minimum Gasteiger partial charge on any atom is -0.386 e. The zero-order valence-electron chi connectivity index (χ0n) is 15.3. The summed E-state index contributed by atoms with van der Waals surface area (Å²) >= 11 is 12.3. The number of nitrogens with zero attached hydrogens (tertiary/aromatic N) is 3. The molecule has 3 saturated heterocycles. The highest BCUT2D eigenvalue weighted by atomic mass is 35.5. The van der Waals surface area contributed by atoms with E-state index in [-0.39, 0.29) is 12.1 Å². The molecule has 6 nitrogen and oxygen atoms in total. The number of hydrogen-bond acceptors (Lipinski definition) is 5. The maximum absolute atomic E-state index is 13.8. The van der Waals surface area contributed by atoms with E-state index in [9.17, 15) is 9.90 Å². The second-order valence-electron chi connectivity index (χ2n) is 7.58. The highest BCUT2D eigenvalue weighted by Crippen LogP contribution is 2.52. The smallest absolute Gasteiger partial charge is 0.252 e. The number of ether oxygens (including phenoxy) is 1. The van der Waals surface area contributed by atoms with E-state index >= 15 is 0 Å². The van der Waals surface area contributed by atoms with Crippen LogP contribution >= 0.6 is 23.2 Å². The molecule has 29 heavy (non-hydrogen) atoms. The van der Waals surface area contributed by atoms with Crippen LogP contribution in [0, 0.1) is 11.3 Å². The third kappa shape index (κ3) is 2.77. The van der Waals surface area contributed by atoms with Crippen molar-refractivity contribution in [1.82, 2.24) is 4.90 Å². The number of aliphatic hydroxyl groups is 1. The molecule has 2 aromatic rings. The summed E-state index contributed by atoms with van der Waals surface area (Å²) in [5.74, 6) is -0.232. The number of rotatable bonds is 3. The van der Waals surface area contributed by atoms with Gasteiger partial charge in [-0.25, -0.2) is 0 Å². The Morgan fingerprint density at radius 1 is 1.17 bits per heavy atom. The number of piperazine rings is 1. The van der Waals surface area contributed by atoms with Crippen molar-refractivity contribution in [2.75, 3.05) is 11.4 Å². The van der Waals surface area contributed by atoms with Gasteiger partial charge >= 0.3 is 0 Å². The number of carbonyl (C=O) groups is 1. The van der Waals surface area contributed by atoms with Crippen molar-refractivity contribution in [2.24, 2.45) is 0 Å². The van der Waals surface area contributed by atoms with Crippen LogP contribution in [0.4, 0.5) is 5.69 Å². The summed E-state index contributed by atoms with van der Waals surface area (Å²) in [6.45, 7) is 0.671. The maximum atomic E-state index is 13.8. The minimum absolute atomic E-state index is 0.232. The van der Waals surface area contributed by atoms with Gasteiger partial charge in [-0.05, 0) is 48.7 Å². The highest BCUT2D eigenvalue weighted by molar-refractivity contribution is 6.35. The molecule has 0 aliphatic carbocycles. The van der Waals surface area contributed by atoms with E-state index in [0.717, 1.165) is 6.42 Å². The molecule has 3 fully saturated rings. The Morgan fingerprint density at radius 2 is 1.86 bits per heavy atom. The van der Waals surface area contributed by atoms with Gasteiger partial charge in [0.05, 0.1) is 11.6 Å². The molecule has 3 aliphatic rings. The fourth-order valence-electron chi connectivity index (χ4n) is 4.65. The molecule has 3 heterocycles. The fraction of sp³-hybridized carbons (Fsp3) is 0.333. The first-order valence-corrected chi connectivity index (χ1v) is 10.1. The van der Waals surface area contributed by atoms with Gasteiger partial charge in [-0.2, -0.15) is 5.26 Å². The molecule has 1 N–H and O–H groups in total. The van der Waals surface area contributed by atoms with Crippen LogP contribution in [0.25, 0.3) is 0 Å². The summed E-state index contributed by atoms with van der Waals surface area (Å²) in [6, 6.07) is 13.7. The molecule has 0 radical (unpaired) electrons. The predicted molar refractivity (Wildman–Crippen MR) is 107 cm³/mol. The van der Waals surface area contributed by atoms with Gasteiger partial charge in [-0.1, -0.05) is 35.3 Å². The lowest BCUT2D eigenvalue weighted by molar-refractivity contribution is -0.141. The molecule has 4 atom stereocenters. The molecule has 0 saturated carbocycles. The highest BCUT2D eigenvalue weighted by Gasteiger charge is 2.69. The topological polar surface area (TPSA) is 80.1 Å². The number of epoxide rings is 1. The Balaban J connectivity index is 1.58. The monoisotopic (exact) mass is 429 g/mol. The Hall–Kier alpha value is -2.14. The summed E-state index contributed by atoms with van der Waals surface area (Å²) in [5, 5.41) is 21.3. The van der Waals surface area contributed by atoms with Crippen LogP contribution in [0.15, 0.2) is 42.5 Å². The number of aliphatic hydroxyl groups excluding tert-OH is 1. The maximum Gasteiger partial charge on any atom is 0.252 e. The molecular weight excluding hydrogens is 413 g/mol. The first-order chi connectivity index (χ1) is 14.0. The largest absolute Gasteiger partial charge is 0.386 e. The van der Waals surface area contributed by atoms with E-state index in [1.807, 2.05) is 4.90 Å². The van der Waals surface area contributed by atoms with Gasteiger partial charge in [0.25, 0.3) is 5.91 Å². The van der Waals surface area contributed by atoms with Crippen molar-refractivity contribution in [3.8, 4) is 6.07 Å². The van der Waals surface area contributed by atoms with Gasteiger partial charge in [-0.15, -0.1) is 0 Å². The van der Waals surface area contributed by atoms with Gasteiger partial charge < -0.3 is 9.84 Å². The lowest BCUT2D eigenvalue weighted by Crippen LogP contribution is -2.66. The molecule has 8 heteroatoms. The summed E-state index contributed by atoms with van der Waals surface area (Å²) < 4.78 is 5.85. The second-order valence-corrected chi connectivity index (χ2v) is 8.45. The van der Waals surface area contributed by atoms with Gasteiger partial charge in [0.15, 0.2) is 12.5 Å². The molecule has 3 aliphatic heterocycles. The number of carbonyl (C=O) groups excluding carboxylic acids is 1. The summed E-state index contributed by atoms with van der Waals surface area (Å²) in [6.07, 6.45) is -0.481. The molecule has 0 spiro atoms. The Bertz CT molecular complexity index is 1020. The lowest BCUT2D eigenvalue weighted by atomic mass is 9.82. The average molecular weight is 430 g/mol. The van der Waals surface area contributed by atoms with Crippen molar-refractivity contribution in [3.05, 3.63) is 63.6 Å². The zero-order valence-corrected chi connectivity index (χ0v) is 16.8.